The molecule has 160 valence electrons. The molecule has 1 saturated heterocycles. The van der Waals surface area contributed by atoms with E-state index in [9.17, 15) is 22.8 Å². The molecule has 0 aliphatic carbocycles. The Labute approximate surface area is 172 Å². The molecule has 30 heavy (non-hydrogen) atoms. The highest BCUT2D eigenvalue weighted by atomic mass is 19.4. The summed E-state index contributed by atoms with van der Waals surface area (Å²) in [6.07, 6.45) is 5.28. The van der Waals surface area contributed by atoms with Gasteiger partial charge in [-0.25, -0.2) is 0 Å². The van der Waals surface area contributed by atoms with Gasteiger partial charge in [0.1, 0.15) is 0 Å². The van der Waals surface area contributed by atoms with Gasteiger partial charge in [0, 0.05) is 51.0 Å². The Morgan fingerprint density at radius 2 is 1.97 bits per heavy atom. The molecule has 7 nitrogen and oxygen atoms in total. The van der Waals surface area contributed by atoms with Crippen LogP contribution in [0.1, 0.15) is 38.5 Å². The summed E-state index contributed by atoms with van der Waals surface area (Å²) in [4.78, 5) is 30.8. The number of halogens is 3. The highest BCUT2D eigenvalue weighted by Gasteiger charge is 2.46. The van der Waals surface area contributed by atoms with Crippen molar-refractivity contribution in [3.63, 3.8) is 0 Å². The number of amides is 2. The van der Waals surface area contributed by atoms with Crippen LogP contribution >= 0.6 is 0 Å². The molecule has 0 spiro atoms. The fourth-order valence-corrected chi connectivity index (χ4v) is 3.63. The number of carbonyl (C=O) groups is 2. The van der Waals surface area contributed by atoms with E-state index in [1.54, 1.807) is 4.90 Å². The number of alkyl halides is 3. The van der Waals surface area contributed by atoms with Crippen molar-refractivity contribution < 1.29 is 22.8 Å². The van der Waals surface area contributed by atoms with Crippen LogP contribution in [0.5, 0.6) is 0 Å². The van der Waals surface area contributed by atoms with Crippen molar-refractivity contribution >= 4 is 17.5 Å². The van der Waals surface area contributed by atoms with Crippen LogP contribution < -0.4 is 4.90 Å². The van der Waals surface area contributed by atoms with Crippen LogP contribution in [-0.2, 0) is 9.59 Å². The van der Waals surface area contributed by atoms with Gasteiger partial charge in [0.05, 0.1) is 11.9 Å². The van der Waals surface area contributed by atoms with Crippen molar-refractivity contribution in [2.75, 3.05) is 18.0 Å². The van der Waals surface area contributed by atoms with E-state index in [0.717, 1.165) is 4.90 Å². The molecule has 0 unspecified atom stereocenters. The minimum atomic E-state index is -4.99. The molecule has 10 heteroatoms. The van der Waals surface area contributed by atoms with E-state index in [2.05, 4.69) is 21.1 Å². The van der Waals surface area contributed by atoms with Gasteiger partial charge in [0.25, 0.3) is 0 Å². The van der Waals surface area contributed by atoms with Gasteiger partial charge in [0.2, 0.25) is 5.91 Å². The molecular weight excluding hydrogens is 399 g/mol. The molecule has 3 heterocycles. The van der Waals surface area contributed by atoms with Crippen LogP contribution in [0.3, 0.4) is 0 Å². The van der Waals surface area contributed by atoms with E-state index in [4.69, 9.17) is 6.42 Å². The Hall–Kier alpha value is -2.96. The third-order valence-corrected chi connectivity index (χ3v) is 5.36. The molecule has 0 N–H and O–H groups in total. The zero-order valence-electron chi connectivity index (χ0n) is 16.3. The van der Waals surface area contributed by atoms with Crippen LogP contribution in [0, 0.1) is 12.3 Å². The number of piperidine rings is 1. The summed E-state index contributed by atoms with van der Waals surface area (Å²) < 4.78 is 39.4. The number of likely N-dealkylation sites (tertiary alicyclic amines) is 1. The molecular formula is C20H22F3N5O2. The molecule has 0 saturated carbocycles. The van der Waals surface area contributed by atoms with Crippen molar-refractivity contribution in [3.05, 3.63) is 24.5 Å². The monoisotopic (exact) mass is 421 g/mol. The Balaban J connectivity index is 1.58. The van der Waals surface area contributed by atoms with Crippen LogP contribution in [0.2, 0.25) is 0 Å². The van der Waals surface area contributed by atoms with Gasteiger partial charge in [-0.1, -0.05) is 0 Å². The molecule has 0 atom stereocenters. The maximum Gasteiger partial charge on any atom is 0.471 e. The molecule has 1 fully saturated rings. The fraction of sp³-hybridized carbons (Fsp3) is 0.550. The van der Waals surface area contributed by atoms with Gasteiger partial charge in [-0.15, -0.1) is 12.3 Å². The number of anilines is 1. The van der Waals surface area contributed by atoms with Crippen LogP contribution in [0.15, 0.2) is 34.8 Å². The molecule has 0 aromatic carbocycles. The lowest BCUT2D eigenvalue weighted by Crippen LogP contribution is -2.52. The van der Waals surface area contributed by atoms with E-state index in [-0.39, 0.29) is 43.9 Å². The van der Waals surface area contributed by atoms with Crippen LogP contribution in [0.4, 0.5) is 18.9 Å². The highest BCUT2D eigenvalue weighted by molar-refractivity contribution is 5.97. The number of pyridine rings is 1. The summed E-state index contributed by atoms with van der Waals surface area (Å²) in [5.41, 5.74) is -0.451. The molecule has 2 aliphatic heterocycles. The molecule has 3 rings (SSSR count). The Morgan fingerprint density at radius 3 is 2.50 bits per heavy atom. The van der Waals surface area contributed by atoms with Crippen molar-refractivity contribution in [3.8, 4) is 12.3 Å². The van der Waals surface area contributed by atoms with Gasteiger partial charge < -0.3 is 4.90 Å². The van der Waals surface area contributed by atoms with Crippen molar-refractivity contribution in [2.24, 2.45) is 10.2 Å². The summed E-state index contributed by atoms with van der Waals surface area (Å²) in [5, 5.41) is 8.00. The third kappa shape index (κ3) is 5.14. The minimum absolute atomic E-state index is 0.0945. The molecule has 2 amide bonds. The summed E-state index contributed by atoms with van der Waals surface area (Å²) >= 11 is 0. The lowest BCUT2D eigenvalue weighted by molar-refractivity contribution is -0.171. The first-order valence-corrected chi connectivity index (χ1v) is 9.71. The first-order valence-electron chi connectivity index (χ1n) is 9.71. The van der Waals surface area contributed by atoms with E-state index >= 15 is 0 Å². The SMILES string of the molecule is C#CCCC1(CCC(=O)N2CCC(N(C(=O)C(F)(F)F)c3cccnc3)CC2)N=N1. The highest BCUT2D eigenvalue weighted by Crippen LogP contribution is 2.38. The third-order valence-electron chi connectivity index (χ3n) is 5.36. The zero-order chi connectivity index (χ0) is 21.8. The number of terminal acetylenes is 1. The summed E-state index contributed by atoms with van der Waals surface area (Å²) in [6.45, 7) is 0.550. The second kappa shape index (κ2) is 8.81. The van der Waals surface area contributed by atoms with Gasteiger partial charge in [-0.2, -0.15) is 23.4 Å². The number of hydrogen-bond donors (Lipinski definition) is 0. The second-order valence-corrected chi connectivity index (χ2v) is 7.38. The quantitative estimate of drug-likeness (QED) is 0.634. The lowest BCUT2D eigenvalue weighted by Gasteiger charge is -2.38. The van der Waals surface area contributed by atoms with Crippen molar-refractivity contribution in [1.29, 1.82) is 0 Å². The first-order chi connectivity index (χ1) is 14.3. The Morgan fingerprint density at radius 1 is 1.27 bits per heavy atom. The van der Waals surface area contributed by atoms with Crippen LogP contribution in [-0.4, -0.2) is 52.7 Å². The molecule has 2 aliphatic rings. The number of aromatic nitrogens is 1. The van der Waals surface area contributed by atoms with Gasteiger partial charge >= 0.3 is 12.1 Å². The number of carbonyl (C=O) groups excluding carboxylic acids is 2. The lowest BCUT2D eigenvalue weighted by atomic mass is 9.99. The maximum absolute atomic E-state index is 13.1. The van der Waals surface area contributed by atoms with Gasteiger partial charge in [0.15, 0.2) is 5.66 Å². The smallest absolute Gasteiger partial charge is 0.343 e. The number of nitrogens with zero attached hydrogens (tertiary/aromatic N) is 5. The van der Waals surface area contributed by atoms with E-state index in [1.165, 1.54) is 24.5 Å². The van der Waals surface area contributed by atoms with Crippen LogP contribution in [0.25, 0.3) is 0 Å². The topological polar surface area (TPSA) is 78.2 Å². The maximum atomic E-state index is 13.1. The van der Waals surface area contributed by atoms with Crippen molar-refractivity contribution in [1.82, 2.24) is 9.88 Å². The molecule has 1 aromatic rings. The average molecular weight is 421 g/mol. The summed E-state index contributed by atoms with van der Waals surface area (Å²) in [7, 11) is 0. The fourth-order valence-electron chi connectivity index (χ4n) is 3.63. The van der Waals surface area contributed by atoms with Crippen molar-refractivity contribution in [2.45, 2.75) is 56.4 Å². The standard InChI is InChI=1S/C20H22F3N5O2/c1-2-3-9-19(25-26-19)10-6-17(29)27-12-7-15(8-13-27)28(18(30)20(21,22)23)16-5-4-11-24-14-16/h1,4-5,11,14-15H,3,6-10,12-13H2. The number of hydrogen-bond acceptors (Lipinski definition) is 5. The molecule has 0 bridgehead atoms. The zero-order valence-corrected chi connectivity index (χ0v) is 16.3. The summed E-state index contributed by atoms with van der Waals surface area (Å²) in [6, 6.07) is 2.24. The minimum Gasteiger partial charge on any atom is -0.343 e. The van der Waals surface area contributed by atoms with Gasteiger partial charge in [-0.05, 0) is 25.0 Å². The summed E-state index contributed by atoms with van der Waals surface area (Å²) in [5.74, 6) is 0.512. The normalized spacial score (nSPS) is 18.0. The molecule has 1 aromatic heterocycles. The average Bonchev–Trinajstić information content (AvgIpc) is 3.51. The predicted octanol–water partition coefficient (Wildman–Crippen LogP) is 3.32. The predicted molar refractivity (Wildman–Crippen MR) is 102 cm³/mol. The van der Waals surface area contributed by atoms with E-state index in [0.29, 0.717) is 19.3 Å². The largest absolute Gasteiger partial charge is 0.471 e. The number of rotatable bonds is 7. The van der Waals surface area contributed by atoms with Gasteiger partial charge in [-0.3, -0.25) is 19.5 Å². The second-order valence-electron chi connectivity index (χ2n) is 7.38. The van der Waals surface area contributed by atoms with E-state index in [1.807, 2.05) is 0 Å². The Bertz CT molecular complexity index is 836. The first kappa shape index (κ1) is 21.7. The Kier molecular flexibility index (Phi) is 6.39. The molecule has 0 radical (unpaired) electrons. The van der Waals surface area contributed by atoms with E-state index < -0.39 is 23.8 Å².